The lowest BCUT2D eigenvalue weighted by Crippen LogP contribution is -2.44. The van der Waals surface area contributed by atoms with Gasteiger partial charge in [0.1, 0.15) is 5.78 Å². The van der Waals surface area contributed by atoms with E-state index in [0.717, 1.165) is 24.7 Å². The molecule has 0 saturated carbocycles. The van der Waals surface area contributed by atoms with E-state index in [9.17, 15) is 4.79 Å². The minimum Gasteiger partial charge on any atom is -0.358 e. The molecule has 1 N–H and O–H groups in total. The number of rotatable bonds is 2. The zero-order chi connectivity index (χ0) is 11.4. The van der Waals surface area contributed by atoms with Crippen molar-refractivity contribution in [2.75, 3.05) is 13.1 Å². The zero-order valence-electron chi connectivity index (χ0n) is 8.94. The molecule has 1 aliphatic rings. The number of ketones is 1. The summed E-state index contributed by atoms with van der Waals surface area (Å²) in [7, 11) is 0. The third-order valence-corrected chi connectivity index (χ3v) is 3.88. The minimum absolute atomic E-state index is 0.345. The van der Waals surface area contributed by atoms with Crippen LogP contribution < -0.4 is 5.32 Å². The molecule has 0 unspecified atom stereocenters. The number of hydrogen-bond donors (Lipinski definition) is 1. The van der Waals surface area contributed by atoms with Gasteiger partial charge in [-0.1, -0.05) is 6.07 Å². The highest BCUT2D eigenvalue weighted by atomic mass is 32.1. The van der Waals surface area contributed by atoms with Gasteiger partial charge in [0.05, 0.1) is 6.54 Å². The summed E-state index contributed by atoms with van der Waals surface area (Å²) in [5, 5.41) is 6.05. The lowest BCUT2D eigenvalue weighted by molar-refractivity contribution is -0.120. The summed E-state index contributed by atoms with van der Waals surface area (Å²) < 4.78 is 0. The van der Waals surface area contributed by atoms with Crippen LogP contribution in [-0.4, -0.2) is 28.9 Å². The van der Waals surface area contributed by atoms with Gasteiger partial charge in [-0.25, -0.2) is 0 Å². The molecule has 1 fully saturated rings. The molecule has 1 aromatic heterocycles. The van der Waals surface area contributed by atoms with Crippen LogP contribution in [0.25, 0.3) is 0 Å². The molecule has 0 aromatic carbocycles. The van der Waals surface area contributed by atoms with E-state index in [-0.39, 0.29) is 0 Å². The van der Waals surface area contributed by atoms with Gasteiger partial charge in [-0.15, -0.1) is 11.3 Å². The van der Waals surface area contributed by atoms with Crippen molar-refractivity contribution in [1.29, 1.82) is 0 Å². The maximum absolute atomic E-state index is 11.1. The van der Waals surface area contributed by atoms with Crippen LogP contribution in [0.5, 0.6) is 0 Å². The minimum atomic E-state index is 0.345. The van der Waals surface area contributed by atoms with Gasteiger partial charge >= 0.3 is 0 Å². The Balaban J connectivity index is 1.77. The molecule has 0 radical (unpaired) electrons. The fraction of sp³-hybridized carbons (Fsp3) is 0.455. The van der Waals surface area contributed by atoms with E-state index in [2.05, 4.69) is 21.7 Å². The van der Waals surface area contributed by atoms with Crippen molar-refractivity contribution >= 4 is 34.5 Å². The number of piperidine rings is 1. The predicted octanol–water partition coefficient (Wildman–Crippen LogP) is 1.79. The van der Waals surface area contributed by atoms with Crippen LogP contribution in [0.1, 0.15) is 17.7 Å². The lowest BCUT2D eigenvalue weighted by Gasteiger charge is -2.28. The van der Waals surface area contributed by atoms with Crippen LogP contribution in [0.15, 0.2) is 17.5 Å². The summed E-state index contributed by atoms with van der Waals surface area (Å²) in [6.45, 7) is 2.30. The molecule has 16 heavy (non-hydrogen) atoms. The van der Waals surface area contributed by atoms with Crippen molar-refractivity contribution in [1.82, 2.24) is 10.2 Å². The average molecular weight is 254 g/mol. The van der Waals surface area contributed by atoms with Gasteiger partial charge < -0.3 is 10.2 Å². The summed E-state index contributed by atoms with van der Waals surface area (Å²) in [5.74, 6) is 0.345. The zero-order valence-corrected chi connectivity index (χ0v) is 10.6. The van der Waals surface area contributed by atoms with Gasteiger partial charge in [0, 0.05) is 30.8 Å². The van der Waals surface area contributed by atoms with E-state index in [4.69, 9.17) is 12.2 Å². The SMILES string of the molecule is O=C1CCN(C(=S)NCc2cccs2)CC1. The summed E-state index contributed by atoms with van der Waals surface area (Å²) in [6.07, 6.45) is 1.25. The van der Waals surface area contributed by atoms with Gasteiger partial charge in [0.25, 0.3) is 0 Å². The Labute approximate surface area is 104 Å². The normalized spacial score (nSPS) is 16.2. The number of carbonyl (C=O) groups excluding carboxylic acids is 1. The van der Waals surface area contributed by atoms with E-state index in [0.29, 0.717) is 18.6 Å². The number of hydrogen-bond acceptors (Lipinski definition) is 3. The lowest BCUT2D eigenvalue weighted by atomic mass is 10.1. The van der Waals surface area contributed by atoms with Crippen LogP contribution in [0.4, 0.5) is 0 Å². The first-order chi connectivity index (χ1) is 7.75. The Hall–Kier alpha value is -0.940. The highest BCUT2D eigenvalue weighted by Gasteiger charge is 2.17. The molecule has 3 nitrogen and oxygen atoms in total. The molecule has 2 heterocycles. The number of nitrogens with one attached hydrogen (secondary N) is 1. The predicted molar refractivity (Wildman–Crippen MR) is 69.6 cm³/mol. The number of nitrogens with zero attached hydrogens (tertiary/aromatic N) is 1. The van der Waals surface area contributed by atoms with E-state index >= 15 is 0 Å². The third-order valence-electron chi connectivity index (χ3n) is 2.60. The maximum atomic E-state index is 11.1. The third kappa shape index (κ3) is 3.02. The Morgan fingerprint density at radius 2 is 2.25 bits per heavy atom. The number of carbonyl (C=O) groups is 1. The molecule has 5 heteroatoms. The Morgan fingerprint density at radius 3 is 2.88 bits per heavy atom. The van der Waals surface area contributed by atoms with Crippen molar-refractivity contribution in [2.45, 2.75) is 19.4 Å². The highest BCUT2D eigenvalue weighted by Crippen LogP contribution is 2.09. The molecule has 1 aliphatic heterocycles. The number of likely N-dealkylation sites (tertiary alicyclic amines) is 1. The monoisotopic (exact) mass is 254 g/mol. The van der Waals surface area contributed by atoms with E-state index in [1.807, 2.05) is 6.07 Å². The average Bonchev–Trinajstić information content (AvgIpc) is 2.80. The molecule has 2 rings (SSSR count). The van der Waals surface area contributed by atoms with Crippen LogP contribution in [0.2, 0.25) is 0 Å². The van der Waals surface area contributed by atoms with Crippen LogP contribution in [-0.2, 0) is 11.3 Å². The maximum Gasteiger partial charge on any atom is 0.169 e. The number of thiocarbonyl (C=S) groups is 1. The molecular weight excluding hydrogens is 240 g/mol. The first kappa shape index (κ1) is 11.5. The van der Waals surface area contributed by atoms with Crippen LogP contribution in [0.3, 0.4) is 0 Å². The van der Waals surface area contributed by atoms with Gasteiger partial charge in [0.2, 0.25) is 0 Å². The number of thiophene rings is 1. The first-order valence-corrected chi connectivity index (χ1v) is 6.61. The van der Waals surface area contributed by atoms with Gasteiger partial charge in [-0.2, -0.15) is 0 Å². The molecule has 0 amide bonds. The van der Waals surface area contributed by atoms with Gasteiger partial charge in [0.15, 0.2) is 5.11 Å². The molecule has 1 saturated heterocycles. The first-order valence-electron chi connectivity index (χ1n) is 5.32. The molecule has 86 valence electrons. The second-order valence-corrected chi connectivity index (χ2v) is 5.18. The molecule has 1 aromatic rings. The standard InChI is InChI=1S/C11H14N2OS2/c14-9-3-5-13(6-4-9)11(15)12-8-10-2-1-7-16-10/h1-2,7H,3-6,8H2,(H,12,15). The fourth-order valence-corrected chi connectivity index (χ4v) is 2.55. The summed E-state index contributed by atoms with van der Waals surface area (Å²) in [6, 6.07) is 4.12. The van der Waals surface area contributed by atoms with Crippen LogP contribution >= 0.6 is 23.6 Å². The summed E-state index contributed by atoms with van der Waals surface area (Å²) in [5.41, 5.74) is 0. The molecule has 0 spiro atoms. The largest absolute Gasteiger partial charge is 0.358 e. The smallest absolute Gasteiger partial charge is 0.169 e. The van der Waals surface area contributed by atoms with Crippen molar-refractivity contribution in [3.05, 3.63) is 22.4 Å². The van der Waals surface area contributed by atoms with Gasteiger partial charge in [-0.05, 0) is 23.7 Å². The second-order valence-electron chi connectivity index (χ2n) is 3.76. The van der Waals surface area contributed by atoms with E-state index in [1.54, 1.807) is 11.3 Å². The Bertz CT molecular complexity index is 365. The molecule has 0 atom stereocenters. The Morgan fingerprint density at radius 1 is 1.50 bits per heavy atom. The highest BCUT2D eigenvalue weighted by molar-refractivity contribution is 7.80. The summed E-state index contributed by atoms with van der Waals surface area (Å²) >= 11 is 7.01. The summed E-state index contributed by atoms with van der Waals surface area (Å²) in [4.78, 5) is 14.4. The quantitative estimate of drug-likeness (QED) is 0.816. The van der Waals surface area contributed by atoms with E-state index < -0.39 is 0 Å². The van der Waals surface area contributed by atoms with Crippen molar-refractivity contribution in [3.8, 4) is 0 Å². The van der Waals surface area contributed by atoms with Crippen molar-refractivity contribution in [3.63, 3.8) is 0 Å². The van der Waals surface area contributed by atoms with Crippen molar-refractivity contribution < 1.29 is 4.79 Å². The molecule has 0 aliphatic carbocycles. The fourth-order valence-electron chi connectivity index (χ4n) is 1.65. The van der Waals surface area contributed by atoms with E-state index in [1.165, 1.54) is 4.88 Å². The topological polar surface area (TPSA) is 32.3 Å². The van der Waals surface area contributed by atoms with Gasteiger partial charge in [-0.3, -0.25) is 4.79 Å². The second kappa shape index (κ2) is 5.41. The number of Topliss-reactive ketones (excluding diaryl/α,β-unsaturated/α-hetero) is 1. The molecule has 0 bridgehead atoms. The van der Waals surface area contributed by atoms with Crippen LogP contribution in [0, 0.1) is 0 Å². The van der Waals surface area contributed by atoms with Crippen molar-refractivity contribution in [2.24, 2.45) is 0 Å². The Kier molecular flexibility index (Phi) is 3.90. The molecular formula is C11H14N2OS2.